The Labute approximate surface area is 118 Å². The molecule has 0 nitrogen and oxygen atoms in total. The Morgan fingerprint density at radius 1 is 0.579 bits per heavy atom. The number of halogens is 4. The van der Waals surface area contributed by atoms with Gasteiger partial charge in [0.05, 0.1) is 5.16 Å². The highest BCUT2D eigenvalue weighted by Gasteiger charge is 2.58. The minimum Gasteiger partial charge on any atom is -0.418 e. The highest BCUT2D eigenvalue weighted by atomic mass is 31.0. The quantitative estimate of drug-likeness (QED) is 0.303. The summed E-state index contributed by atoms with van der Waals surface area (Å²) in [5.41, 5.74) is 1.01. The summed E-state index contributed by atoms with van der Waals surface area (Å²) in [5.74, 6) is 0. The molecule has 0 aliphatic heterocycles. The van der Waals surface area contributed by atoms with Crippen LogP contribution in [-0.4, -0.2) is 12.4 Å². The van der Waals surface area contributed by atoms with Gasteiger partial charge in [0.25, 0.3) is 0 Å². The molecule has 0 aliphatic carbocycles. The van der Waals surface area contributed by atoms with Crippen LogP contribution < -0.4 is 0 Å². The third-order valence-corrected chi connectivity index (χ3v) is 7.02. The topological polar surface area (TPSA) is 0 Å². The SMILES string of the molecule is CC(C)(C)C([PH3+])(C(C)(C)C)C(C)(C)C.F[B-](F)(F)F. The molecule has 0 N–H and O–H groups in total. The first-order valence-electron chi connectivity index (χ1n) is 6.48. The van der Waals surface area contributed by atoms with E-state index in [0.29, 0.717) is 21.4 Å². The van der Waals surface area contributed by atoms with Crippen molar-refractivity contribution in [3.63, 3.8) is 0 Å². The Hall–Kier alpha value is 0.215. The summed E-state index contributed by atoms with van der Waals surface area (Å²) in [6, 6.07) is 0. The molecule has 0 fully saturated rings. The van der Waals surface area contributed by atoms with Crippen molar-refractivity contribution in [2.75, 3.05) is 0 Å². The third-order valence-electron chi connectivity index (χ3n) is 3.84. The Bertz CT molecular complexity index is 237. The van der Waals surface area contributed by atoms with Gasteiger partial charge in [0.15, 0.2) is 0 Å². The van der Waals surface area contributed by atoms with E-state index in [0.717, 1.165) is 0 Å². The van der Waals surface area contributed by atoms with Crippen molar-refractivity contribution in [1.29, 1.82) is 0 Å². The largest absolute Gasteiger partial charge is 0.673 e. The summed E-state index contributed by atoms with van der Waals surface area (Å²) < 4.78 is 39.0. The summed E-state index contributed by atoms with van der Waals surface area (Å²) >= 11 is 0. The Balaban J connectivity index is 0. The molecule has 0 heterocycles. The number of hydrogen-bond acceptors (Lipinski definition) is 0. The van der Waals surface area contributed by atoms with Crippen LogP contribution in [0.25, 0.3) is 0 Å². The second-order valence-corrected chi connectivity index (χ2v) is 9.21. The standard InChI is InChI=1S/C13H29P.BF4/c1-10(2,3)13(14,11(4,5)6)12(7,8)9;2-1(3,4)5/h14H2,1-9H3;/q;-1/p+1. The van der Waals surface area contributed by atoms with Crippen molar-refractivity contribution in [1.82, 2.24) is 0 Å². The summed E-state index contributed by atoms with van der Waals surface area (Å²) in [7, 11) is -3.80. The fourth-order valence-corrected chi connectivity index (χ4v) is 3.38. The maximum atomic E-state index is 9.75. The van der Waals surface area contributed by atoms with Gasteiger partial charge >= 0.3 is 7.25 Å². The van der Waals surface area contributed by atoms with Gasteiger partial charge in [-0.05, 0) is 9.24 Å². The van der Waals surface area contributed by atoms with E-state index in [1.165, 1.54) is 0 Å². The van der Waals surface area contributed by atoms with Gasteiger partial charge < -0.3 is 17.3 Å². The number of rotatable bonds is 0. The predicted octanol–water partition coefficient (Wildman–Crippen LogP) is 5.77. The molecule has 0 aromatic rings. The summed E-state index contributed by atoms with van der Waals surface area (Å²) in [5, 5.41) is 0.340. The molecule has 0 aliphatic rings. The van der Waals surface area contributed by atoms with Crippen LogP contribution in [0.5, 0.6) is 0 Å². The van der Waals surface area contributed by atoms with E-state index in [9.17, 15) is 17.3 Å². The second-order valence-electron chi connectivity index (χ2n) is 8.15. The first-order chi connectivity index (χ1) is 7.75. The van der Waals surface area contributed by atoms with E-state index in [-0.39, 0.29) is 0 Å². The van der Waals surface area contributed by atoms with Gasteiger partial charge in [-0.1, -0.05) is 62.3 Å². The van der Waals surface area contributed by atoms with Gasteiger partial charge in [0, 0.05) is 16.2 Å². The van der Waals surface area contributed by atoms with Gasteiger partial charge in [-0.2, -0.15) is 0 Å². The predicted molar refractivity (Wildman–Crippen MR) is 82.4 cm³/mol. The summed E-state index contributed by atoms with van der Waals surface area (Å²) in [4.78, 5) is 0. The molecule has 0 rings (SSSR count). The molecular weight excluding hydrogens is 274 g/mol. The van der Waals surface area contributed by atoms with Crippen molar-refractivity contribution in [3.8, 4) is 0 Å². The molecule has 0 radical (unpaired) electrons. The van der Waals surface area contributed by atoms with Crippen LogP contribution in [0.1, 0.15) is 62.3 Å². The van der Waals surface area contributed by atoms with Crippen LogP contribution in [0.2, 0.25) is 0 Å². The zero-order valence-electron chi connectivity index (χ0n) is 13.8. The fourth-order valence-electron chi connectivity index (χ4n) is 3.38. The van der Waals surface area contributed by atoms with Crippen molar-refractivity contribution in [3.05, 3.63) is 0 Å². The van der Waals surface area contributed by atoms with Crippen LogP contribution in [0, 0.1) is 16.2 Å². The Morgan fingerprint density at radius 2 is 0.684 bits per heavy atom. The van der Waals surface area contributed by atoms with Gasteiger partial charge in [-0.3, -0.25) is 0 Å². The van der Waals surface area contributed by atoms with Crippen molar-refractivity contribution < 1.29 is 17.3 Å². The lowest BCUT2D eigenvalue weighted by molar-refractivity contribution is 0.0402. The van der Waals surface area contributed by atoms with Gasteiger partial charge in [0.2, 0.25) is 0 Å². The minimum absolute atomic E-state index is 0.335. The lowest BCUT2D eigenvalue weighted by Gasteiger charge is -2.54. The van der Waals surface area contributed by atoms with Crippen molar-refractivity contribution in [2.24, 2.45) is 16.2 Å². The lowest BCUT2D eigenvalue weighted by Crippen LogP contribution is -2.56. The maximum Gasteiger partial charge on any atom is 0.673 e. The third kappa shape index (κ3) is 6.47. The van der Waals surface area contributed by atoms with Crippen LogP contribution in [-0.2, 0) is 0 Å². The first-order valence-corrected chi connectivity index (χ1v) is 7.18. The van der Waals surface area contributed by atoms with Crippen LogP contribution in [0.15, 0.2) is 0 Å². The molecule has 19 heavy (non-hydrogen) atoms. The van der Waals surface area contributed by atoms with Gasteiger partial charge in [-0.15, -0.1) is 0 Å². The molecule has 0 saturated heterocycles. The Morgan fingerprint density at radius 3 is 0.684 bits per heavy atom. The molecule has 0 bridgehead atoms. The highest BCUT2D eigenvalue weighted by molar-refractivity contribution is 7.19. The average molecular weight is 304 g/mol. The smallest absolute Gasteiger partial charge is 0.418 e. The van der Waals surface area contributed by atoms with Crippen LogP contribution >= 0.6 is 9.24 Å². The maximum absolute atomic E-state index is 9.75. The van der Waals surface area contributed by atoms with Gasteiger partial charge in [-0.25, -0.2) is 0 Å². The normalized spacial score (nSPS) is 15.0. The minimum atomic E-state index is -6.00. The van der Waals surface area contributed by atoms with Crippen LogP contribution in [0.3, 0.4) is 0 Å². The zero-order chi connectivity index (χ0) is 16.5. The van der Waals surface area contributed by atoms with E-state index in [4.69, 9.17) is 0 Å². The summed E-state index contributed by atoms with van der Waals surface area (Å²) in [6.07, 6.45) is 0. The summed E-state index contributed by atoms with van der Waals surface area (Å²) in [6.45, 7) is 21.3. The van der Waals surface area contributed by atoms with E-state index in [1.807, 2.05) is 0 Å². The molecule has 1 atom stereocenters. The fraction of sp³-hybridized carbons (Fsp3) is 1.00. The van der Waals surface area contributed by atoms with Gasteiger partial charge in [0.1, 0.15) is 0 Å². The highest BCUT2D eigenvalue weighted by Crippen LogP contribution is 2.59. The van der Waals surface area contributed by atoms with E-state index < -0.39 is 7.25 Å². The number of hydrogen-bond donors (Lipinski definition) is 0. The molecule has 0 aromatic heterocycles. The zero-order valence-corrected chi connectivity index (χ0v) is 15.2. The lowest BCUT2D eigenvalue weighted by atomic mass is 9.55. The molecule has 118 valence electrons. The van der Waals surface area contributed by atoms with E-state index in [2.05, 4.69) is 71.6 Å². The van der Waals surface area contributed by atoms with E-state index >= 15 is 0 Å². The Kier molecular flexibility index (Phi) is 6.69. The molecule has 6 heteroatoms. The molecule has 0 aromatic carbocycles. The first kappa shape index (κ1) is 21.5. The molecule has 0 amide bonds. The molecule has 0 saturated carbocycles. The van der Waals surface area contributed by atoms with Crippen molar-refractivity contribution in [2.45, 2.75) is 67.5 Å². The van der Waals surface area contributed by atoms with Crippen LogP contribution in [0.4, 0.5) is 17.3 Å². The molecular formula is C13H30BF4P. The molecule has 0 spiro atoms. The second kappa shape index (κ2) is 5.91. The molecule has 1 unspecified atom stereocenters. The van der Waals surface area contributed by atoms with Crippen molar-refractivity contribution >= 4 is 16.5 Å². The average Bonchev–Trinajstić information content (AvgIpc) is 1.92. The monoisotopic (exact) mass is 304 g/mol. The van der Waals surface area contributed by atoms with E-state index in [1.54, 1.807) is 0 Å².